The molecule has 0 spiro atoms. The molecule has 0 atom stereocenters. The molecule has 0 radical (unpaired) electrons. The summed E-state index contributed by atoms with van der Waals surface area (Å²) in [6.45, 7) is 5.09. The van der Waals surface area contributed by atoms with E-state index in [9.17, 15) is 18.8 Å². The number of fused-ring (bicyclic) bond motifs is 1. The maximum atomic E-state index is 13.8. The Morgan fingerprint density at radius 2 is 1.83 bits per heavy atom. The van der Waals surface area contributed by atoms with E-state index in [1.54, 1.807) is 30.3 Å². The Kier molecular flexibility index (Phi) is 9.62. The number of pyridine rings is 2. The normalized spacial score (nSPS) is 13.7. The van der Waals surface area contributed by atoms with Crippen molar-refractivity contribution in [3.05, 3.63) is 67.4 Å². The summed E-state index contributed by atoms with van der Waals surface area (Å²) in [5, 5.41) is 3.72. The zero-order valence-corrected chi connectivity index (χ0v) is 21.9. The minimum Gasteiger partial charge on any atom is -0.383 e. The van der Waals surface area contributed by atoms with Gasteiger partial charge < -0.3 is 16.0 Å². The lowest BCUT2D eigenvalue weighted by molar-refractivity contribution is -0.144. The topological polar surface area (TPSA) is 110 Å². The fourth-order valence-corrected chi connectivity index (χ4v) is 4.10. The minimum atomic E-state index is -1.44. The highest BCUT2D eigenvalue weighted by Gasteiger charge is 2.41. The summed E-state index contributed by atoms with van der Waals surface area (Å²) in [4.78, 5) is 44.3. The zero-order chi connectivity index (χ0) is 25.9. The number of benzene rings is 1. The molecule has 0 aliphatic carbocycles. The van der Waals surface area contributed by atoms with E-state index < -0.39 is 29.6 Å². The lowest BCUT2D eigenvalue weighted by Gasteiger charge is -2.42. The number of amides is 2. The van der Waals surface area contributed by atoms with Gasteiger partial charge in [0.1, 0.15) is 29.2 Å². The van der Waals surface area contributed by atoms with Crippen LogP contribution >= 0.6 is 27.5 Å². The Labute approximate surface area is 222 Å². The van der Waals surface area contributed by atoms with Crippen LogP contribution in [0.15, 0.2) is 45.7 Å². The maximum Gasteiger partial charge on any atom is 0.265 e. The number of halogens is 3. The standard InChI is InChI=1S/C22H20BrClFN5O3.C2H6.CH4/c1-22(25)10-29(11-22)17(31)9-30-19-13(7-16(23)18(26)28-19)6-15(21(30)33)20(32)27-8-12-2-4-14(24)5-3-12;1-2;/h2-7H,8-11H2,1H3,(H2,26,28)(H,27,32);1-2H3;1H4. The molecule has 0 saturated carbocycles. The third-order valence-corrected chi connectivity index (χ3v) is 6.23. The van der Waals surface area contributed by atoms with Gasteiger partial charge >= 0.3 is 0 Å². The van der Waals surface area contributed by atoms with Crippen LogP contribution in [0.25, 0.3) is 11.0 Å². The van der Waals surface area contributed by atoms with Crippen molar-refractivity contribution in [2.75, 3.05) is 18.8 Å². The molecule has 1 fully saturated rings. The second-order valence-electron chi connectivity index (χ2n) is 8.19. The minimum absolute atomic E-state index is 0. The molecule has 1 aromatic carbocycles. The first-order chi connectivity index (χ1) is 16.5. The van der Waals surface area contributed by atoms with E-state index in [0.717, 1.165) is 10.1 Å². The molecule has 0 unspecified atom stereocenters. The number of likely N-dealkylation sites (tertiary alicyclic amines) is 1. The maximum absolute atomic E-state index is 13.8. The van der Waals surface area contributed by atoms with Crippen LogP contribution in [0.3, 0.4) is 0 Å². The summed E-state index contributed by atoms with van der Waals surface area (Å²) in [5.41, 5.74) is 4.55. The van der Waals surface area contributed by atoms with Gasteiger partial charge in [-0.3, -0.25) is 19.0 Å². The summed E-state index contributed by atoms with van der Waals surface area (Å²) in [6, 6.07) is 9.95. The molecule has 1 aliphatic rings. The third kappa shape index (κ3) is 6.41. The number of carbonyl (C=O) groups excluding carboxylic acids is 2. The molecule has 3 aromatic rings. The highest BCUT2D eigenvalue weighted by atomic mass is 79.9. The van der Waals surface area contributed by atoms with Crippen molar-refractivity contribution in [2.45, 2.75) is 47.0 Å². The first-order valence-electron chi connectivity index (χ1n) is 11.0. The van der Waals surface area contributed by atoms with Gasteiger partial charge in [0.2, 0.25) is 5.91 Å². The average Bonchev–Trinajstić information content (AvgIpc) is 2.81. The number of hydrogen-bond acceptors (Lipinski definition) is 5. The van der Waals surface area contributed by atoms with Crippen LogP contribution < -0.4 is 16.6 Å². The van der Waals surface area contributed by atoms with Gasteiger partial charge in [0.05, 0.1) is 17.6 Å². The van der Waals surface area contributed by atoms with Crippen LogP contribution in [0.2, 0.25) is 5.02 Å². The van der Waals surface area contributed by atoms with E-state index in [1.807, 2.05) is 13.8 Å². The van der Waals surface area contributed by atoms with Crippen molar-refractivity contribution < 1.29 is 14.0 Å². The molecule has 1 saturated heterocycles. The summed E-state index contributed by atoms with van der Waals surface area (Å²) in [6.07, 6.45) is 0. The summed E-state index contributed by atoms with van der Waals surface area (Å²) >= 11 is 9.17. The number of aromatic nitrogens is 2. The lowest BCUT2D eigenvalue weighted by atomic mass is 9.99. The number of rotatable bonds is 5. The zero-order valence-electron chi connectivity index (χ0n) is 19.6. The van der Waals surface area contributed by atoms with Gasteiger partial charge in [-0.05, 0) is 52.7 Å². The van der Waals surface area contributed by atoms with E-state index in [1.165, 1.54) is 17.9 Å². The highest BCUT2D eigenvalue weighted by Crippen LogP contribution is 2.26. The summed E-state index contributed by atoms with van der Waals surface area (Å²) in [7, 11) is 0. The molecule has 8 nitrogen and oxygen atoms in total. The Hall–Kier alpha value is -2.98. The molecule has 3 N–H and O–H groups in total. The Morgan fingerprint density at radius 1 is 1.22 bits per heavy atom. The SMILES string of the molecule is C.CC.CC1(F)CN(C(=O)Cn2c(=O)c(C(=O)NCc3ccc(Cl)cc3)cc3cc(Br)c(N)nc32)C1. The van der Waals surface area contributed by atoms with Crippen LogP contribution in [0.4, 0.5) is 10.2 Å². The monoisotopic (exact) mass is 581 g/mol. The predicted octanol–water partition coefficient (Wildman–Crippen LogP) is 4.56. The van der Waals surface area contributed by atoms with Gasteiger partial charge in [-0.15, -0.1) is 0 Å². The highest BCUT2D eigenvalue weighted by molar-refractivity contribution is 9.10. The molecule has 36 heavy (non-hydrogen) atoms. The molecule has 1 aliphatic heterocycles. The Bertz CT molecular complexity index is 1320. The van der Waals surface area contributed by atoms with Crippen LogP contribution in [0, 0.1) is 0 Å². The molecule has 3 heterocycles. The van der Waals surface area contributed by atoms with Gasteiger partial charge in [0.15, 0.2) is 0 Å². The summed E-state index contributed by atoms with van der Waals surface area (Å²) < 4.78 is 15.4. The fraction of sp³-hybridized carbons (Fsp3) is 0.360. The molecular formula is C25H30BrClFN5O3. The number of nitrogen functional groups attached to an aromatic ring is 1. The lowest BCUT2D eigenvalue weighted by Crippen LogP contribution is -2.60. The van der Waals surface area contributed by atoms with Crippen molar-refractivity contribution in [1.82, 2.24) is 19.8 Å². The first kappa shape index (κ1) is 29.3. The van der Waals surface area contributed by atoms with E-state index in [-0.39, 0.29) is 44.1 Å². The third-order valence-electron chi connectivity index (χ3n) is 5.34. The average molecular weight is 583 g/mol. The quantitative estimate of drug-likeness (QED) is 0.458. The van der Waals surface area contributed by atoms with Crippen LogP contribution in [-0.4, -0.2) is 45.0 Å². The van der Waals surface area contributed by atoms with Gasteiger partial charge in [-0.1, -0.05) is 45.0 Å². The molecule has 0 bridgehead atoms. The van der Waals surface area contributed by atoms with Crippen molar-refractivity contribution in [1.29, 1.82) is 0 Å². The van der Waals surface area contributed by atoms with Crippen molar-refractivity contribution in [2.24, 2.45) is 0 Å². The number of alkyl halides is 1. The smallest absolute Gasteiger partial charge is 0.265 e. The van der Waals surface area contributed by atoms with Crippen LogP contribution in [0.5, 0.6) is 0 Å². The van der Waals surface area contributed by atoms with Gasteiger partial charge in [-0.2, -0.15) is 0 Å². The first-order valence-corrected chi connectivity index (χ1v) is 12.2. The van der Waals surface area contributed by atoms with E-state index in [4.69, 9.17) is 17.3 Å². The number of nitrogens with zero attached hydrogens (tertiary/aromatic N) is 3. The summed E-state index contributed by atoms with van der Waals surface area (Å²) in [5.74, 6) is -0.926. The number of nitrogens with two attached hydrogens (primary N) is 1. The number of nitrogens with one attached hydrogen (secondary N) is 1. The van der Waals surface area contributed by atoms with Gasteiger partial charge in [-0.25, -0.2) is 9.37 Å². The number of anilines is 1. The fourth-order valence-electron chi connectivity index (χ4n) is 3.64. The molecule has 194 valence electrons. The molecule has 2 amide bonds. The molecule has 2 aromatic heterocycles. The van der Waals surface area contributed by atoms with Crippen LogP contribution in [0.1, 0.15) is 44.1 Å². The molecular weight excluding hydrogens is 553 g/mol. The number of hydrogen-bond donors (Lipinski definition) is 2. The van der Waals surface area contributed by atoms with Gasteiger partial charge in [0.25, 0.3) is 11.5 Å². The van der Waals surface area contributed by atoms with Crippen molar-refractivity contribution in [3.8, 4) is 0 Å². The van der Waals surface area contributed by atoms with Crippen molar-refractivity contribution >= 4 is 56.2 Å². The van der Waals surface area contributed by atoms with E-state index in [0.29, 0.717) is 14.9 Å². The largest absolute Gasteiger partial charge is 0.383 e. The van der Waals surface area contributed by atoms with E-state index >= 15 is 0 Å². The second-order valence-corrected chi connectivity index (χ2v) is 9.48. The van der Waals surface area contributed by atoms with Crippen LogP contribution in [-0.2, 0) is 17.9 Å². The second kappa shape index (κ2) is 11.8. The Morgan fingerprint density at radius 3 is 2.42 bits per heavy atom. The number of carbonyl (C=O) groups is 2. The molecule has 11 heteroatoms. The predicted molar refractivity (Wildman–Crippen MR) is 145 cm³/mol. The van der Waals surface area contributed by atoms with Crippen molar-refractivity contribution in [3.63, 3.8) is 0 Å². The van der Waals surface area contributed by atoms with Gasteiger partial charge in [0, 0.05) is 17.0 Å². The van der Waals surface area contributed by atoms with E-state index in [2.05, 4.69) is 26.2 Å². The molecule has 4 rings (SSSR count). The Balaban J connectivity index is 0.00000148.